The molecule has 44 heavy (non-hydrogen) atoms. The molecule has 4 aromatic carbocycles. The van der Waals surface area contributed by atoms with Crippen LogP contribution in [0.3, 0.4) is 0 Å². The van der Waals surface area contributed by atoms with Gasteiger partial charge in [0.05, 0.1) is 10.6 Å². The molecule has 0 aliphatic carbocycles. The number of anilines is 1. The van der Waals surface area contributed by atoms with Gasteiger partial charge in [-0.15, -0.1) is 0 Å². The second kappa shape index (κ2) is 15.1. The minimum Gasteiger partial charge on any atom is -0.352 e. The van der Waals surface area contributed by atoms with Crippen molar-refractivity contribution in [1.29, 1.82) is 0 Å². The van der Waals surface area contributed by atoms with Crippen molar-refractivity contribution in [2.75, 3.05) is 10.8 Å². The highest BCUT2D eigenvalue weighted by molar-refractivity contribution is 9.10. The molecule has 1 N–H and O–H groups in total. The lowest BCUT2D eigenvalue weighted by atomic mass is 10.0. The minimum atomic E-state index is -4.30. The van der Waals surface area contributed by atoms with Crippen molar-refractivity contribution < 1.29 is 22.4 Å². The quantitative estimate of drug-likeness (QED) is 0.179. The zero-order chi connectivity index (χ0) is 31.7. The van der Waals surface area contributed by atoms with E-state index in [4.69, 9.17) is 0 Å². The lowest BCUT2D eigenvalue weighted by Gasteiger charge is -2.34. The molecule has 0 bridgehead atoms. The van der Waals surface area contributed by atoms with Gasteiger partial charge in [0.2, 0.25) is 11.8 Å². The molecule has 0 radical (unpaired) electrons. The van der Waals surface area contributed by atoms with Gasteiger partial charge < -0.3 is 10.2 Å². The van der Waals surface area contributed by atoms with E-state index >= 15 is 0 Å². The number of para-hydroxylation sites is 1. The molecule has 4 rings (SSSR count). The van der Waals surface area contributed by atoms with Gasteiger partial charge in [0.25, 0.3) is 10.0 Å². The summed E-state index contributed by atoms with van der Waals surface area (Å²) in [6.45, 7) is 3.33. The zero-order valence-corrected chi connectivity index (χ0v) is 27.0. The van der Waals surface area contributed by atoms with Crippen LogP contribution in [-0.2, 0) is 32.6 Å². The molecule has 0 unspecified atom stereocenters. The molecule has 230 valence electrons. The first-order valence-corrected chi connectivity index (χ1v) is 16.5. The number of amides is 2. The number of hydrogen-bond donors (Lipinski definition) is 1. The lowest BCUT2D eigenvalue weighted by molar-refractivity contribution is -0.140. The number of benzene rings is 4. The number of nitrogens with zero attached hydrogens (tertiary/aromatic N) is 2. The fourth-order valence-corrected chi connectivity index (χ4v) is 6.54. The van der Waals surface area contributed by atoms with Crippen LogP contribution >= 0.6 is 15.9 Å². The van der Waals surface area contributed by atoms with Crippen LogP contribution in [0.5, 0.6) is 0 Å². The van der Waals surface area contributed by atoms with E-state index in [1.54, 1.807) is 30.3 Å². The first-order valence-electron chi connectivity index (χ1n) is 14.3. The molecule has 10 heteroatoms. The normalized spacial score (nSPS) is 12.6. The third kappa shape index (κ3) is 8.54. The summed E-state index contributed by atoms with van der Waals surface area (Å²) in [5.41, 5.74) is 1.87. The third-order valence-electron chi connectivity index (χ3n) is 7.24. The van der Waals surface area contributed by atoms with Crippen LogP contribution in [-0.4, -0.2) is 43.8 Å². The summed E-state index contributed by atoms with van der Waals surface area (Å²) < 4.78 is 43.4. The molecule has 0 heterocycles. The van der Waals surface area contributed by atoms with Gasteiger partial charge in [0.15, 0.2) is 0 Å². The second-order valence-corrected chi connectivity index (χ2v) is 13.3. The molecule has 2 atom stereocenters. The molecule has 0 aliphatic heterocycles. The van der Waals surface area contributed by atoms with E-state index in [1.807, 2.05) is 68.4 Å². The minimum absolute atomic E-state index is 0.0585. The third-order valence-corrected chi connectivity index (χ3v) is 9.52. The number of carbonyl (C=O) groups is 2. The van der Waals surface area contributed by atoms with Gasteiger partial charge in [-0.1, -0.05) is 83.5 Å². The average Bonchev–Trinajstić information content (AvgIpc) is 3.02. The zero-order valence-electron chi connectivity index (χ0n) is 24.6. The van der Waals surface area contributed by atoms with E-state index in [1.165, 1.54) is 17.0 Å². The first-order chi connectivity index (χ1) is 21.1. The van der Waals surface area contributed by atoms with Crippen LogP contribution in [0, 0.1) is 5.82 Å². The summed E-state index contributed by atoms with van der Waals surface area (Å²) in [4.78, 5) is 29.5. The van der Waals surface area contributed by atoms with Crippen LogP contribution in [0.15, 0.2) is 119 Å². The molecular weight excluding hydrogens is 645 g/mol. The largest absolute Gasteiger partial charge is 0.352 e. The fraction of sp³-hybridized carbons (Fsp3) is 0.235. The maximum absolute atomic E-state index is 14.4. The molecule has 0 spiro atoms. The molecule has 0 saturated heterocycles. The van der Waals surface area contributed by atoms with Crippen molar-refractivity contribution in [3.05, 3.63) is 131 Å². The van der Waals surface area contributed by atoms with Crippen molar-refractivity contribution in [2.45, 2.75) is 50.2 Å². The lowest BCUT2D eigenvalue weighted by Crippen LogP contribution is -2.54. The number of halogens is 2. The Morgan fingerprint density at radius 3 is 2.09 bits per heavy atom. The topological polar surface area (TPSA) is 86.8 Å². The molecular formula is C34H35BrFN3O4S. The molecule has 0 fully saturated rings. The van der Waals surface area contributed by atoms with Gasteiger partial charge in [-0.3, -0.25) is 13.9 Å². The Morgan fingerprint density at radius 1 is 0.864 bits per heavy atom. The van der Waals surface area contributed by atoms with Gasteiger partial charge in [-0.2, -0.15) is 0 Å². The molecule has 2 amide bonds. The summed E-state index contributed by atoms with van der Waals surface area (Å²) in [6.07, 6.45) is 0.917. The van der Waals surface area contributed by atoms with Crippen molar-refractivity contribution >= 4 is 43.5 Å². The van der Waals surface area contributed by atoms with E-state index < -0.39 is 34.3 Å². The summed E-state index contributed by atoms with van der Waals surface area (Å²) in [6, 6.07) is 28.4. The summed E-state index contributed by atoms with van der Waals surface area (Å²) >= 11 is 3.48. The second-order valence-electron chi connectivity index (χ2n) is 10.5. The van der Waals surface area contributed by atoms with E-state index in [9.17, 15) is 22.4 Å². The van der Waals surface area contributed by atoms with E-state index in [-0.39, 0.29) is 35.5 Å². The standard InChI is InChI=1S/C34H35BrFN3O4S/c1-3-25(2)37-34(41)32(22-26-11-6-4-7-12-26)38(23-27-13-10-14-28(35)21-27)33(40)24-39(30-15-8-5-9-16-30)44(42,43)31-19-17-29(36)18-20-31/h4-21,25,32H,3,22-24H2,1-2H3,(H,37,41)/t25-,32-/m1/s1. The predicted octanol–water partition coefficient (Wildman–Crippen LogP) is 6.34. The molecule has 0 aliphatic rings. The van der Waals surface area contributed by atoms with Crippen LogP contribution in [0.1, 0.15) is 31.4 Å². The summed E-state index contributed by atoms with van der Waals surface area (Å²) in [7, 11) is -4.30. The Labute approximate surface area is 266 Å². The Hall–Kier alpha value is -4.02. The van der Waals surface area contributed by atoms with Crippen LogP contribution in [0.2, 0.25) is 0 Å². The van der Waals surface area contributed by atoms with Crippen molar-refractivity contribution in [3.63, 3.8) is 0 Å². The van der Waals surface area contributed by atoms with Gasteiger partial charge >= 0.3 is 0 Å². The molecule has 0 saturated carbocycles. The van der Waals surface area contributed by atoms with Crippen molar-refractivity contribution in [2.24, 2.45) is 0 Å². The Morgan fingerprint density at radius 2 is 1.48 bits per heavy atom. The van der Waals surface area contributed by atoms with Crippen molar-refractivity contribution in [1.82, 2.24) is 10.2 Å². The number of sulfonamides is 1. The highest BCUT2D eigenvalue weighted by atomic mass is 79.9. The SMILES string of the molecule is CC[C@@H](C)NC(=O)[C@@H](Cc1ccccc1)N(Cc1cccc(Br)c1)C(=O)CN(c1ccccc1)S(=O)(=O)c1ccc(F)cc1. The van der Waals surface area contributed by atoms with Crippen molar-refractivity contribution in [3.8, 4) is 0 Å². The van der Waals surface area contributed by atoms with Crippen LogP contribution in [0.25, 0.3) is 0 Å². The maximum atomic E-state index is 14.4. The van der Waals surface area contributed by atoms with Crippen LogP contribution < -0.4 is 9.62 Å². The van der Waals surface area contributed by atoms with Gasteiger partial charge in [0, 0.05) is 23.5 Å². The molecule has 0 aromatic heterocycles. The first kappa shape index (κ1) is 32.9. The number of rotatable bonds is 13. The highest BCUT2D eigenvalue weighted by Crippen LogP contribution is 2.25. The highest BCUT2D eigenvalue weighted by Gasteiger charge is 2.35. The average molecular weight is 681 g/mol. The van der Waals surface area contributed by atoms with E-state index in [2.05, 4.69) is 21.2 Å². The van der Waals surface area contributed by atoms with E-state index in [0.29, 0.717) is 6.42 Å². The summed E-state index contributed by atoms with van der Waals surface area (Å²) in [5, 5.41) is 3.02. The molecule has 4 aromatic rings. The van der Waals surface area contributed by atoms with E-state index in [0.717, 1.165) is 32.0 Å². The number of carbonyl (C=O) groups excluding carboxylic acids is 2. The monoisotopic (exact) mass is 679 g/mol. The van der Waals surface area contributed by atoms with Crippen LogP contribution in [0.4, 0.5) is 10.1 Å². The Kier molecular flexibility index (Phi) is 11.3. The van der Waals surface area contributed by atoms with Gasteiger partial charge in [0.1, 0.15) is 18.4 Å². The molecule has 7 nitrogen and oxygen atoms in total. The van der Waals surface area contributed by atoms with Gasteiger partial charge in [-0.25, -0.2) is 12.8 Å². The predicted molar refractivity (Wildman–Crippen MR) is 174 cm³/mol. The number of hydrogen-bond acceptors (Lipinski definition) is 4. The fourth-order valence-electron chi connectivity index (χ4n) is 4.68. The Balaban J connectivity index is 1.79. The summed E-state index contributed by atoms with van der Waals surface area (Å²) in [5.74, 6) is -1.48. The van der Waals surface area contributed by atoms with Gasteiger partial charge in [-0.05, 0) is 73.0 Å². The smallest absolute Gasteiger partial charge is 0.264 e. The number of nitrogens with one attached hydrogen (secondary N) is 1. The Bertz CT molecular complexity index is 1660. The maximum Gasteiger partial charge on any atom is 0.264 e.